The molecule has 0 saturated heterocycles. The Morgan fingerprint density at radius 1 is 1.19 bits per heavy atom. The molecule has 0 bridgehead atoms. The van der Waals surface area contributed by atoms with Crippen LogP contribution in [-0.4, -0.2) is 19.9 Å². The molecule has 0 atom stereocenters. The van der Waals surface area contributed by atoms with Gasteiger partial charge in [0.05, 0.1) is 10.7 Å². The fourth-order valence-electron chi connectivity index (χ4n) is 1.60. The summed E-state index contributed by atoms with van der Waals surface area (Å²) in [6, 6.07) is 7.61. The maximum absolute atomic E-state index is 12.3. The molecule has 0 fully saturated rings. The van der Waals surface area contributed by atoms with Crippen molar-refractivity contribution in [3.05, 3.63) is 46.6 Å². The fourth-order valence-corrected chi connectivity index (χ4v) is 3.01. The van der Waals surface area contributed by atoms with E-state index < -0.39 is 10.0 Å². The second kappa shape index (κ2) is 6.51. The first-order valence-corrected chi connectivity index (χ1v) is 8.34. The van der Waals surface area contributed by atoms with Crippen LogP contribution in [0.15, 0.2) is 41.4 Å². The smallest absolute Gasteiger partial charge is 0.263 e. The molecule has 2 rings (SSSR count). The highest BCUT2D eigenvalue weighted by atomic mass is 35.5. The van der Waals surface area contributed by atoms with E-state index in [0.717, 1.165) is 0 Å². The molecule has 0 radical (unpaired) electrons. The van der Waals surface area contributed by atoms with Gasteiger partial charge in [-0.15, -0.1) is 0 Å². The highest BCUT2D eigenvalue weighted by Gasteiger charge is 2.16. The minimum atomic E-state index is -3.77. The second-order valence-electron chi connectivity index (χ2n) is 4.14. The van der Waals surface area contributed by atoms with Gasteiger partial charge in [0, 0.05) is 17.8 Å². The second-order valence-corrected chi connectivity index (χ2v) is 6.67. The standard InChI is InChI=1S/C13H13Cl2N3O2S/c1-2-16-13-6-4-10(8-17-13)21(19,20)18-12-7-9(14)3-5-11(12)15/h3-8,18H,2H2,1H3,(H,16,17). The van der Waals surface area contributed by atoms with E-state index in [4.69, 9.17) is 23.2 Å². The molecule has 2 aromatic rings. The van der Waals surface area contributed by atoms with Crippen LogP contribution < -0.4 is 10.0 Å². The van der Waals surface area contributed by atoms with E-state index >= 15 is 0 Å². The predicted octanol–water partition coefficient (Wildman–Crippen LogP) is 3.62. The lowest BCUT2D eigenvalue weighted by Crippen LogP contribution is -2.13. The van der Waals surface area contributed by atoms with Crippen molar-refractivity contribution in [2.75, 3.05) is 16.6 Å². The largest absolute Gasteiger partial charge is 0.370 e. The van der Waals surface area contributed by atoms with Crippen molar-refractivity contribution in [3.63, 3.8) is 0 Å². The molecule has 0 unspecified atom stereocenters. The lowest BCUT2D eigenvalue weighted by atomic mass is 10.3. The van der Waals surface area contributed by atoms with Gasteiger partial charge in [-0.1, -0.05) is 23.2 Å². The first kappa shape index (κ1) is 15.9. The normalized spacial score (nSPS) is 11.2. The van der Waals surface area contributed by atoms with E-state index in [1.54, 1.807) is 12.1 Å². The molecule has 1 heterocycles. The van der Waals surface area contributed by atoms with E-state index in [0.29, 0.717) is 17.4 Å². The van der Waals surface area contributed by atoms with Crippen LogP contribution >= 0.6 is 23.2 Å². The van der Waals surface area contributed by atoms with Gasteiger partial charge < -0.3 is 5.32 Å². The number of pyridine rings is 1. The van der Waals surface area contributed by atoms with Gasteiger partial charge in [-0.3, -0.25) is 4.72 Å². The van der Waals surface area contributed by atoms with Gasteiger partial charge in [0.25, 0.3) is 10.0 Å². The van der Waals surface area contributed by atoms with Crippen LogP contribution in [0.2, 0.25) is 10.0 Å². The SMILES string of the molecule is CCNc1ccc(S(=O)(=O)Nc2cc(Cl)ccc2Cl)cn1. The van der Waals surface area contributed by atoms with Gasteiger partial charge in [-0.05, 0) is 37.3 Å². The van der Waals surface area contributed by atoms with Crippen LogP contribution in [0.3, 0.4) is 0 Å². The zero-order valence-electron chi connectivity index (χ0n) is 11.1. The average Bonchev–Trinajstić information content (AvgIpc) is 2.44. The molecule has 0 amide bonds. The highest BCUT2D eigenvalue weighted by molar-refractivity contribution is 7.92. The van der Waals surface area contributed by atoms with Crippen LogP contribution in [-0.2, 0) is 10.0 Å². The molecule has 0 aliphatic rings. The topological polar surface area (TPSA) is 71.1 Å². The Bertz CT molecular complexity index is 734. The minimum Gasteiger partial charge on any atom is -0.370 e. The average molecular weight is 346 g/mol. The fraction of sp³-hybridized carbons (Fsp3) is 0.154. The summed E-state index contributed by atoms with van der Waals surface area (Å²) >= 11 is 11.8. The third-order valence-electron chi connectivity index (χ3n) is 2.58. The molecular weight excluding hydrogens is 333 g/mol. The molecule has 0 aliphatic carbocycles. The lowest BCUT2D eigenvalue weighted by Gasteiger charge is -2.10. The number of benzene rings is 1. The third-order valence-corrected chi connectivity index (χ3v) is 4.49. The molecule has 0 saturated carbocycles. The van der Waals surface area contributed by atoms with Crippen molar-refractivity contribution in [1.82, 2.24) is 4.98 Å². The Labute approximate surface area is 133 Å². The first-order chi connectivity index (χ1) is 9.92. The van der Waals surface area contributed by atoms with Crippen molar-refractivity contribution in [1.29, 1.82) is 0 Å². The number of hydrogen-bond donors (Lipinski definition) is 2. The van der Waals surface area contributed by atoms with Crippen molar-refractivity contribution in [2.45, 2.75) is 11.8 Å². The van der Waals surface area contributed by atoms with Crippen LogP contribution in [0.1, 0.15) is 6.92 Å². The van der Waals surface area contributed by atoms with Crippen LogP contribution in [0, 0.1) is 0 Å². The Hall–Kier alpha value is -1.50. The van der Waals surface area contributed by atoms with Gasteiger partial charge >= 0.3 is 0 Å². The summed E-state index contributed by atoms with van der Waals surface area (Å²) in [5, 5.41) is 3.64. The van der Waals surface area contributed by atoms with Gasteiger partial charge in [0.1, 0.15) is 10.7 Å². The lowest BCUT2D eigenvalue weighted by molar-refractivity contribution is 0.601. The summed E-state index contributed by atoms with van der Waals surface area (Å²) in [7, 11) is -3.77. The summed E-state index contributed by atoms with van der Waals surface area (Å²) in [4.78, 5) is 4.07. The number of nitrogens with one attached hydrogen (secondary N) is 2. The highest BCUT2D eigenvalue weighted by Crippen LogP contribution is 2.27. The molecule has 21 heavy (non-hydrogen) atoms. The maximum atomic E-state index is 12.3. The van der Waals surface area contributed by atoms with E-state index in [2.05, 4.69) is 15.0 Å². The summed E-state index contributed by atoms with van der Waals surface area (Å²) in [6.07, 6.45) is 1.28. The number of rotatable bonds is 5. The van der Waals surface area contributed by atoms with Crippen molar-refractivity contribution < 1.29 is 8.42 Å². The monoisotopic (exact) mass is 345 g/mol. The zero-order chi connectivity index (χ0) is 15.5. The number of aromatic nitrogens is 1. The molecule has 1 aromatic carbocycles. The van der Waals surface area contributed by atoms with E-state index in [-0.39, 0.29) is 15.6 Å². The van der Waals surface area contributed by atoms with Crippen molar-refractivity contribution in [2.24, 2.45) is 0 Å². The summed E-state index contributed by atoms with van der Waals surface area (Å²) in [6.45, 7) is 2.63. The number of nitrogens with zero attached hydrogens (tertiary/aromatic N) is 1. The molecule has 1 aromatic heterocycles. The van der Waals surface area contributed by atoms with Crippen molar-refractivity contribution in [3.8, 4) is 0 Å². The molecule has 5 nitrogen and oxygen atoms in total. The molecule has 112 valence electrons. The summed E-state index contributed by atoms with van der Waals surface area (Å²) in [5.41, 5.74) is 0.222. The predicted molar refractivity (Wildman–Crippen MR) is 85.7 cm³/mol. The third kappa shape index (κ3) is 4.00. The first-order valence-electron chi connectivity index (χ1n) is 6.10. The van der Waals surface area contributed by atoms with Crippen LogP contribution in [0.4, 0.5) is 11.5 Å². The van der Waals surface area contributed by atoms with Gasteiger partial charge in [-0.25, -0.2) is 13.4 Å². The van der Waals surface area contributed by atoms with Crippen LogP contribution in [0.5, 0.6) is 0 Å². The van der Waals surface area contributed by atoms with Gasteiger partial charge in [-0.2, -0.15) is 0 Å². The Morgan fingerprint density at radius 2 is 1.95 bits per heavy atom. The number of anilines is 2. The van der Waals surface area contributed by atoms with Crippen LogP contribution in [0.25, 0.3) is 0 Å². The minimum absolute atomic E-state index is 0.0418. The Morgan fingerprint density at radius 3 is 2.57 bits per heavy atom. The Balaban J connectivity index is 2.27. The van der Waals surface area contributed by atoms with E-state index in [9.17, 15) is 8.42 Å². The maximum Gasteiger partial charge on any atom is 0.263 e. The van der Waals surface area contributed by atoms with Gasteiger partial charge in [0.15, 0.2) is 0 Å². The number of halogens is 2. The number of sulfonamides is 1. The Kier molecular flexibility index (Phi) is 4.92. The van der Waals surface area contributed by atoms with E-state index in [1.807, 2.05) is 6.92 Å². The molecule has 0 spiro atoms. The molecule has 0 aliphatic heterocycles. The molecular formula is C13H13Cl2N3O2S. The van der Waals surface area contributed by atoms with E-state index in [1.165, 1.54) is 24.4 Å². The summed E-state index contributed by atoms with van der Waals surface area (Å²) in [5.74, 6) is 0.609. The number of hydrogen-bond acceptors (Lipinski definition) is 4. The quantitative estimate of drug-likeness (QED) is 0.867. The molecule has 2 N–H and O–H groups in total. The summed E-state index contributed by atoms with van der Waals surface area (Å²) < 4.78 is 26.9. The zero-order valence-corrected chi connectivity index (χ0v) is 13.4. The molecule has 8 heteroatoms. The van der Waals surface area contributed by atoms with Gasteiger partial charge in [0.2, 0.25) is 0 Å². The van der Waals surface area contributed by atoms with Crippen molar-refractivity contribution >= 4 is 44.7 Å².